The Labute approximate surface area is 246 Å². The normalized spacial score (nSPS) is 28.1. The van der Waals surface area contributed by atoms with Crippen molar-refractivity contribution in [2.24, 2.45) is 29.6 Å². The quantitative estimate of drug-likeness (QED) is 0.294. The molecule has 2 aliphatic carbocycles. The number of carboxylic acids is 2. The molecule has 1 saturated carbocycles. The number of phenols is 1. The summed E-state index contributed by atoms with van der Waals surface area (Å²) in [6.45, 7) is -0.0525. The molecular weight excluding hydrogens is 556 g/mol. The van der Waals surface area contributed by atoms with E-state index in [4.69, 9.17) is 10.2 Å². The van der Waals surface area contributed by atoms with Crippen molar-refractivity contribution in [2.45, 2.75) is 44.4 Å². The first kappa shape index (κ1) is 28.6. The van der Waals surface area contributed by atoms with E-state index in [2.05, 4.69) is 0 Å². The zero-order chi connectivity index (χ0) is 30.6. The summed E-state index contributed by atoms with van der Waals surface area (Å²) in [6.07, 6.45) is 2.16. The molecule has 0 radical (unpaired) electrons. The van der Waals surface area contributed by atoms with E-state index in [-0.39, 0.29) is 63.3 Å². The van der Waals surface area contributed by atoms with Gasteiger partial charge in [-0.2, -0.15) is 0 Å². The van der Waals surface area contributed by atoms with Crippen molar-refractivity contribution < 1.29 is 44.1 Å². The molecule has 0 unspecified atom stereocenters. The van der Waals surface area contributed by atoms with E-state index < -0.39 is 65.2 Å². The smallest absolute Gasteiger partial charge is 0.303 e. The molecule has 0 spiro atoms. The molecule has 2 aromatic rings. The fourth-order valence-electron chi connectivity index (χ4n) is 7.87. The lowest BCUT2D eigenvalue weighted by Gasteiger charge is -2.44. The van der Waals surface area contributed by atoms with Gasteiger partial charge in [-0.1, -0.05) is 42.0 Å². The zero-order valence-corrected chi connectivity index (χ0v) is 23.3. The van der Waals surface area contributed by atoms with Crippen LogP contribution in [-0.2, 0) is 28.8 Å². The van der Waals surface area contributed by atoms with Crippen LogP contribution in [0.5, 0.6) is 5.75 Å². The second-order valence-electron chi connectivity index (χ2n) is 11.9. The van der Waals surface area contributed by atoms with Crippen molar-refractivity contribution in [1.29, 1.82) is 0 Å². The summed E-state index contributed by atoms with van der Waals surface area (Å²) >= 11 is 0. The minimum absolute atomic E-state index is 0.00656. The first-order valence-electron chi connectivity index (χ1n) is 14.6. The number of hydrogen-bond donors (Lipinski definition) is 3. The van der Waals surface area contributed by atoms with Gasteiger partial charge in [0.1, 0.15) is 5.75 Å². The van der Waals surface area contributed by atoms with Crippen molar-refractivity contribution >= 4 is 46.3 Å². The molecule has 4 amide bonds. The molecule has 224 valence electrons. The number of allylic oxidation sites excluding steroid dienone is 2. The minimum Gasteiger partial charge on any atom is -0.508 e. The number of benzene rings is 2. The van der Waals surface area contributed by atoms with Gasteiger partial charge >= 0.3 is 11.9 Å². The van der Waals surface area contributed by atoms with E-state index in [1.165, 1.54) is 0 Å². The molecule has 6 rings (SSSR count). The maximum absolute atomic E-state index is 14.0. The summed E-state index contributed by atoms with van der Waals surface area (Å²) in [6, 6.07) is 10.7. The Balaban J connectivity index is 1.43. The number of rotatable bonds is 9. The van der Waals surface area contributed by atoms with E-state index in [1.807, 2.05) is 30.3 Å². The van der Waals surface area contributed by atoms with Gasteiger partial charge in [0.15, 0.2) is 0 Å². The van der Waals surface area contributed by atoms with E-state index >= 15 is 0 Å². The predicted molar refractivity (Wildman–Crippen MR) is 150 cm³/mol. The second kappa shape index (κ2) is 10.9. The van der Waals surface area contributed by atoms with Crippen LogP contribution in [0.2, 0.25) is 0 Å². The van der Waals surface area contributed by atoms with Crippen LogP contribution in [0, 0.1) is 29.6 Å². The molecule has 0 bridgehead atoms. The predicted octanol–water partition coefficient (Wildman–Crippen LogP) is 2.91. The SMILES string of the molecule is O=C(O)CCCN1C(=O)[C@H]2[C@H](CC=C3[C@H]2C[C@H]2C(=O)N(CCCC(=O)O)C(=O)[C@H]2[C@H]3c2c(O)ccc3ccccc23)C1=O. The lowest BCUT2D eigenvalue weighted by Crippen LogP contribution is -2.43. The number of likely N-dealkylation sites (tertiary alicyclic amines) is 2. The molecule has 11 heteroatoms. The van der Waals surface area contributed by atoms with Crippen LogP contribution in [-0.4, -0.2) is 73.8 Å². The van der Waals surface area contributed by atoms with Gasteiger partial charge in [-0.3, -0.25) is 38.6 Å². The maximum atomic E-state index is 14.0. The third-order valence-electron chi connectivity index (χ3n) is 9.63. The molecule has 2 heterocycles. The number of carbonyl (C=O) groups excluding carboxylic acids is 4. The first-order valence-corrected chi connectivity index (χ1v) is 14.6. The monoisotopic (exact) mass is 588 g/mol. The summed E-state index contributed by atoms with van der Waals surface area (Å²) in [5.41, 5.74) is 1.24. The lowest BCUT2D eigenvalue weighted by molar-refractivity contribution is -0.143. The van der Waals surface area contributed by atoms with Crippen LogP contribution >= 0.6 is 0 Å². The average molecular weight is 589 g/mol. The van der Waals surface area contributed by atoms with Gasteiger partial charge in [0.25, 0.3) is 0 Å². The number of carboxylic acid groups (broad SMARTS) is 2. The Morgan fingerprint density at radius 3 is 2.00 bits per heavy atom. The third-order valence-corrected chi connectivity index (χ3v) is 9.63. The molecule has 2 saturated heterocycles. The number of phenolic OH excluding ortho intramolecular Hbond substituents is 1. The Morgan fingerprint density at radius 2 is 1.35 bits per heavy atom. The van der Waals surface area contributed by atoms with Crippen LogP contribution in [0.3, 0.4) is 0 Å². The van der Waals surface area contributed by atoms with Gasteiger partial charge in [-0.15, -0.1) is 0 Å². The number of nitrogens with zero attached hydrogens (tertiary/aromatic N) is 2. The van der Waals surface area contributed by atoms with Crippen molar-refractivity contribution in [3.05, 3.63) is 53.6 Å². The molecular formula is C32H32N2O9. The van der Waals surface area contributed by atoms with Gasteiger partial charge in [0, 0.05) is 37.4 Å². The second-order valence-corrected chi connectivity index (χ2v) is 11.9. The van der Waals surface area contributed by atoms with Gasteiger partial charge in [-0.25, -0.2) is 0 Å². The molecule has 2 aliphatic heterocycles. The van der Waals surface area contributed by atoms with Gasteiger partial charge < -0.3 is 15.3 Å². The number of imide groups is 2. The fourth-order valence-corrected chi connectivity index (χ4v) is 7.87. The number of carbonyl (C=O) groups is 6. The van der Waals surface area contributed by atoms with E-state index in [0.29, 0.717) is 10.9 Å². The minimum atomic E-state index is -1.03. The molecule has 43 heavy (non-hydrogen) atoms. The van der Waals surface area contributed by atoms with Crippen LogP contribution in [0.1, 0.15) is 50.0 Å². The highest BCUT2D eigenvalue weighted by Gasteiger charge is 2.62. The number of amides is 4. The van der Waals surface area contributed by atoms with Crippen LogP contribution in [0.15, 0.2) is 48.0 Å². The summed E-state index contributed by atoms with van der Waals surface area (Å²) < 4.78 is 0. The Bertz CT molecular complexity index is 1600. The molecule has 6 atom stereocenters. The summed E-state index contributed by atoms with van der Waals surface area (Å²) in [5.74, 6) is -8.06. The third kappa shape index (κ3) is 4.67. The van der Waals surface area contributed by atoms with Crippen molar-refractivity contribution in [3.63, 3.8) is 0 Å². The van der Waals surface area contributed by atoms with Gasteiger partial charge in [-0.05, 0) is 48.4 Å². The zero-order valence-electron chi connectivity index (χ0n) is 23.3. The number of fused-ring (bicyclic) bond motifs is 5. The Morgan fingerprint density at radius 1 is 0.744 bits per heavy atom. The van der Waals surface area contributed by atoms with Gasteiger partial charge in [0.2, 0.25) is 23.6 Å². The van der Waals surface area contributed by atoms with Crippen molar-refractivity contribution in [1.82, 2.24) is 9.80 Å². The summed E-state index contributed by atoms with van der Waals surface area (Å²) in [7, 11) is 0. The standard InChI is InChI=1S/C32H32N2O9/c35-22-12-9-16-5-1-2-6-17(16)26(22)27-18-10-11-19-25(31(42)33(29(19)40)13-3-7-23(36)37)20(18)15-21-28(27)32(43)34(30(21)41)14-4-8-24(38)39/h1-2,5-6,9-10,12,19-21,25,27-28,35H,3-4,7-8,11,13-15H2,(H,36,37)(H,38,39)/t19-,20+,21+,25-,27+,28+/m0/s1. The summed E-state index contributed by atoms with van der Waals surface area (Å²) in [4.78, 5) is 79.3. The number of aliphatic carboxylic acids is 2. The molecule has 3 N–H and O–H groups in total. The largest absolute Gasteiger partial charge is 0.508 e. The van der Waals surface area contributed by atoms with Crippen LogP contribution in [0.4, 0.5) is 0 Å². The highest BCUT2D eigenvalue weighted by molar-refractivity contribution is 6.08. The summed E-state index contributed by atoms with van der Waals surface area (Å²) in [5, 5.41) is 31.0. The molecule has 4 aliphatic rings. The van der Waals surface area contributed by atoms with Gasteiger partial charge in [0.05, 0.1) is 23.7 Å². The Hall–Kier alpha value is -4.54. The van der Waals surface area contributed by atoms with Crippen LogP contribution < -0.4 is 0 Å². The van der Waals surface area contributed by atoms with Crippen molar-refractivity contribution in [2.75, 3.05) is 13.1 Å². The molecule has 0 aromatic heterocycles. The topological polar surface area (TPSA) is 170 Å². The molecule has 2 aromatic carbocycles. The van der Waals surface area contributed by atoms with E-state index in [0.717, 1.165) is 20.8 Å². The van der Waals surface area contributed by atoms with E-state index in [9.17, 15) is 33.9 Å². The number of aromatic hydroxyl groups is 1. The highest BCUT2D eigenvalue weighted by Crippen LogP contribution is 2.59. The van der Waals surface area contributed by atoms with Crippen LogP contribution in [0.25, 0.3) is 10.8 Å². The molecule has 3 fully saturated rings. The highest BCUT2D eigenvalue weighted by atomic mass is 16.4. The Kier molecular flexibility index (Phi) is 7.27. The lowest BCUT2D eigenvalue weighted by atomic mass is 9.56. The average Bonchev–Trinajstić information content (AvgIpc) is 3.36. The fraction of sp³-hybridized carbons (Fsp3) is 0.438. The van der Waals surface area contributed by atoms with E-state index in [1.54, 1.807) is 12.1 Å². The first-order chi connectivity index (χ1) is 20.6. The maximum Gasteiger partial charge on any atom is 0.303 e. The number of hydrogen-bond acceptors (Lipinski definition) is 7. The molecule has 11 nitrogen and oxygen atoms in total. The van der Waals surface area contributed by atoms with Crippen molar-refractivity contribution in [3.8, 4) is 5.75 Å².